The van der Waals surface area contributed by atoms with Gasteiger partial charge in [-0.15, -0.1) is 0 Å². The van der Waals surface area contributed by atoms with Crippen LogP contribution in [-0.2, 0) is 5.41 Å². The average molecular weight is 604 g/mol. The molecule has 0 bridgehead atoms. The monoisotopic (exact) mass is 603 g/mol. The lowest BCUT2D eigenvalue weighted by atomic mass is 9.80. The summed E-state index contributed by atoms with van der Waals surface area (Å²) in [5.41, 5.74) is 14.6. The molecule has 9 rings (SSSR count). The van der Waals surface area contributed by atoms with E-state index in [0.29, 0.717) is 0 Å². The molecule has 0 unspecified atom stereocenters. The molecule has 7 aromatic carbocycles. The molecule has 1 heterocycles. The Morgan fingerprint density at radius 1 is 0.447 bits per heavy atom. The molecule has 0 spiro atoms. The molecule has 0 fully saturated rings. The number of benzene rings is 7. The van der Waals surface area contributed by atoms with E-state index < -0.39 is 0 Å². The highest BCUT2D eigenvalue weighted by atomic mass is 16.3. The van der Waals surface area contributed by atoms with Gasteiger partial charge < -0.3 is 9.32 Å². The van der Waals surface area contributed by atoms with Gasteiger partial charge >= 0.3 is 0 Å². The molecule has 0 radical (unpaired) electrons. The van der Waals surface area contributed by atoms with Crippen LogP contribution in [0, 0.1) is 0 Å². The normalized spacial score (nSPS) is 13.1. The molecule has 224 valence electrons. The quantitative estimate of drug-likeness (QED) is 0.195. The number of nitrogens with zero attached hydrogens (tertiary/aromatic N) is 1. The maximum Gasteiger partial charge on any atom is 0.159 e. The number of hydrogen-bond donors (Lipinski definition) is 0. The van der Waals surface area contributed by atoms with Crippen molar-refractivity contribution in [2.24, 2.45) is 0 Å². The third-order valence-electron chi connectivity index (χ3n) is 9.83. The Bertz CT molecular complexity index is 2400. The summed E-state index contributed by atoms with van der Waals surface area (Å²) < 4.78 is 7.16. The van der Waals surface area contributed by atoms with Crippen LogP contribution in [0.3, 0.4) is 0 Å². The van der Waals surface area contributed by atoms with Gasteiger partial charge in [-0.1, -0.05) is 147 Å². The molecule has 0 amide bonds. The van der Waals surface area contributed by atoms with Gasteiger partial charge in [0.2, 0.25) is 0 Å². The van der Waals surface area contributed by atoms with E-state index in [4.69, 9.17) is 4.42 Å². The van der Waals surface area contributed by atoms with Crippen molar-refractivity contribution in [2.45, 2.75) is 19.3 Å². The second kappa shape index (κ2) is 10.6. The maximum absolute atomic E-state index is 7.16. The number of hydrogen-bond acceptors (Lipinski definition) is 2. The molecule has 0 atom stereocenters. The second-order valence-corrected chi connectivity index (χ2v) is 12.9. The standard InChI is InChI=1S/C45H33NO/c1-45(2)40-24-13-12-21-36(40)38-29-39-37-23-14-22-35(32-17-8-4-9-18-32)43(37)47-44(39)42(41(38)45)46(33-19-10-5-11-20-33)34-27-25-31(26-28-34)30-15-6-3-7-16-30/h3-29H,1-2H3. The van der Waals surface area contributed by atoms with Crippen molar-refractivity contribution in [3.63, 3.8) is 0 Å². The molecular formula is C45H33NO. The van der Waals surface area contributed by atoms with Crippen LogP contribution in [0.1, 0.15) is 25.0 Å². The number of fused-ring (bicyclic) bond motifs is 6. The van der Waals surface area contributed by atoms with Gasteiger partial charge in [-0.25, -0.2) is 0 Å². The minimum atomic E-state index is -0.256. The van der Waals surface area contributed by atoms with Crippen molar-refractivity contribution in [3.8, 4) is 33.4 Å². The van der Waals surface area contributed by atoms with Gasteiger partial charge in [0.05, 0.1) is 5.69 Å². The molecule has 0 saturated heterocycles. The fourth-order valence-corrected chi connectivity index (χ4v) is 7.63. The molecule has 1 aliphatic carbocycles. The van der Waals surface area contributed by atoms with E-state index in [0.717, 1.165) is 50.1 Å². The van der Waals surface area contributed by atoms with Crippen molar-refractivity contribution in [1.29, 1.82) is 0 Å². The fourth-order valence-electron chi connectivity index (χ4n) is 7.63. The summed E-state index contributed by atoms with van der Waals surface area (Å²) in [6, 6.07) is 58.6. The highest BCUT2D eigenvalue weighted by Crippen LogP contribution is 2.58. The lowest BCUT2D eigenvalue weighted by Crippen LogP contribution is -2.21. The Hall–Kier alpha value is -5.86. The number of anilines is 3. The highest BCUT2D eigenvalue weighted by Gasteiger charge is 2.41. The summed E-state index contributed by atoms with van der Waals surface area (Å²) in [4.78, 5) is 2.41. The topological polar surface area (TPSA) is 16.4 Å². The van der Waals surface area contributed by atoms with E-state index in [-0.39, 0.29) is 5.41 Å². The molecule has 47 heavy (non-hydrogen) atoms. The number of rotatable bonds is 5. The van der Waals surface area contributed by atoms with Crippen molar-refractivity contribution < 1.29 is 4.42 Å². The lowest BCUT2D eigenvalue weighted by molar-refractivity contribution is 0.648. The van der Waals surface area contributed by atoms with Crippen LogP contribution in [0.15, 0.2) is 168 Å². The molecule has 1 aromatic heterocycles. The van der Waals surface area contributed by atoms with Crippen LogP contribution in [0.25, 0.3) is 55.3 Å². The predicted molar refractivity (Wildman–Crippen MR) is 197 cm³/mol. The Kier molecular flexibility index (Phi) is 6.20. The SMILES string of the molecule is CC1(C)c2ccccc2-c2cc3c(oc4c(-c5ccccc5)cccc43)c(N(c3ccccc3)c3ccc(-c4ccccc4)cc3)c21. The van der Waals surface area contributed by atoms with E-state index in [1.54, 1.807) is 0 Å². The fraction of sp³-hybridized carbons (Fsp3) is 0.0667. The summed E-state index contributed by atoms with van der Waals surface area (Å²) in [6.45, 7) is 4.71. The average Bonchev–Trinajstić information content (AvgIpc) is 3.62. The van der Waals surface area contributed by atoms with Gasteiger partial charge in [0.1, 0.15) is 5.58 Å². The van der Waals surface area contributed by atoms with Crippen LogP contribution < -0.4 is 4.90 Å². The molecule has 0 N–H and O–H groups in total. The number of para-hydroxylation sites is 2. The van der Waals surface area contributed by atoms with Gasteiger partial charge in [-0.2, -0.15) is 0 Å². The van der Waals surface area contributed by atoms with Gasteiger partial charge in [-0.05, 0) is 69.3 Å². The summed E-state index contributed by atoms with van der Waals surface area (Å²) in [5, 5.41) is 2.25. The zero-order chi connectivity index (χ0) is 31.5. The Labute approximate surface area is 275 Å². The Balaban J connectivity index is 1.39. The van der Waals surface area contributed by atoms with E-state index in [2.05, 4.69) is 183 Å². The van der Waals surface area contributed by atoms with E-state index >= 15 is 0 Å². The lowest BCUT2D eigenvalue weighted by Gasteiger charge is -2.32. The van der Waals surface area contributed by atoms with Gasteiger partial charge in [0.25, 0.3) is 0 Å². The molecular weight excluding hydrogens is 571 g/mol. The summed E-state index contributed by atoms with van der Waals surface area (Å²) in [7, 11) is 0. The van der Waals surface area contributed by atoms with Crippen molar-refractivity contribution in [3.05, 3.63) is 175 Å². The first kappa shape index (κ1) is 27.5. The molecule has 0 aliphatic heterocycles. The Morgan fingerprint density at radius 3 is 1.74 bits per heavy atom. The van der Waals surface area contributed by atoms with Crippen LogP contribution in [-0.4, -0.2) is 0 Å². The van der Waals surface area contributed by atoms with Crippen molar-refractivity contribution >= 4 is 39.0 Å². The van der Waals surface area contributed by atoms with Crippen LogP contribution in [0.5, 0.6) is 0 Å². The third-order valence-corrected chi connectivity index (χ3v) is 9.83. The van der Waals surface area contributed by atoms with E-state index in [9.17, 15) is 0 Å². The molecule has 8 aromatic rings. The van der Waals surface area contributed by atoms with Crippen molar-refractivity contribution in [2.75, 3.05) is 4.90 Å². The smallest absolute Gasteiger partial charge is 0.159 e. The van der Waals surface area contributed by atoms with Crippen LogP contribution in [0.4, 0.5) is 17.1 Å². The summed E-state index contributed by atoms with van der Waals surface area (Å²) in [6.07, 6.45) is 0. The third kappa shape index (κ3) is 4.26. The molecule has 1 aliphatic rings. The largest absolute Gasteiger partial charge is 0.453 e. The first-order chi connectivity index (χ1) is 23.1. The minimum absolute atomic E-state index is 0.256. The zero-order valence-corrected chi connectivity index (χ0v) is 26.4. The first-order valence-electron chi connectivity index (χ1n) is 16.3. The van der Waals surface area contributed by atoms with Crippen LogP contribution in [0.2, 0.25) is 0 Å². The number of furan rings is 1. The molecule has 2 nitrogen and oxygen atoms in total. The van der Waals surface area contributed by atoms with Crippen LogP contribution >= 0.6 is 0 Å². The molecule has 2 heteroatoms. The van der Waals surface area contributed by atoms with Crippen molar-refractivity contribution in [1.82, 2.24) is 0 Å². The van der Waals surface area contributed by atoms with E-state index in [1.165, 1.54) is 33.4 Å². The minimum Gasteiger partial charge on any atom is -0.453 e. The Morgan fingerprint density at radius 2 is 1.02 bits per heavy atom. The van der Waals surface area contributed by atoms with Gasteiger partial charge in [0.15, 0.2) is 5.58 Å². The first-order valence-corrected chi connectivity index (χ1v) is 16.3. The second-order valence-electron chi connectivity index (χ2n) is 12.9. The highest BCUT2D eigenvalue weighted by molar-refractivity contribution is 6.17. The zero-order valence-electron chi connectivity index (χ0n) is 26.4. The predicted octanol–water partition coefficient (Wildman–Crippen LogP) is 12.7. The summed E-state index contributed by atoms with van der Waals surface area (Å²) >= 11 is 0. The van der Waals surface area contributed by atoms with Gasteiger partial charge in [-0.3, -0.25) is 0 Å². The molecule has 0 saturated carbocycles. The van der Waals surface area contributed by atoms with E-state index in [1.807, 2.05) is 0 Å². The summed E-state index contributed by atoms with van der Waals surface area (Å²) in [5.74, 6) is 0. The van der Waals surface area contributed by atoms with Gasteiger partial charge in [0, 0.05) is 33.1 Å². The maximum atomic E-state index is 7.16.